The van der Waals surface area contributed by atoms with Crippen molar-refractivity contribution in [3.8, 4) is 11.5 Å². The lowest BCUT2D eigenvalue weighted by Gasteiger charge is -2.30. The van der Waals surface area contributed by atoms with Crippen molar-refractivity contribution in [1.82, 2.24) is 5.32 Å². The van der Waals surface area contributed by atoms with Crippen molar-refractivity contribution < 1.29 is 19.1 Å². The molecule has 6 nitrogen and oxygen atoms in total. The Balaban J connectivity index is 1.48. The van der Waals surface area contributed by atoms with Crippen LogP contribution in [0.5, 0.6) is 11.5 Å². The highest BCUT2D eigenvalue weighted by Gasteiger charge is 2.24. The molecule has 1 aliphatic rings. The van der Waals surface area contributed by atoms with Crippen LogP contribution >= 0.6 is 0 Å². The van der Waals surface area contributed by atoms with E-state index < -0.39 is 0 Å². The van der Waals surface area contributed by atoms with E-state index in [9.17, 15) is 9.59 Å². The van der Waals surface area contributed by atoms with Crippen LogP contribution in [0.1, 0.15) is 30.9 Å². The fourth-order valence-electron chi connectivity index (χ4n) is 3.10. The lowest BCUT2D eigenvalue weighted by Crippen LogP contribution is -2.38. The molecule has 0 bridgehead atoms. The summed E-state index contributed by atoms with van der Waals surface area (Å²) in [6.07, 6.45) is 0.330. The number of aryl methyl sites for hydroxylation is 1. The van der Waals surface area contributed by atoms with Crippen molar-refractivity contribution in [2.75, 3.05) is 24.7 Å². The summed E-state index contributed by atoms with van der Waals surface area (Å²) in [6, 6.07) is 13.4. The molecule has 0 atom stereocenters. The second kappa shape index (κ2) is 9.26. The molecule has 6 heteroatoms. The molecule has 0 fully saturated rings. The molecule has 2 aromatic carbocycles. The molecule has 0 unspecified atom stereocenters. The molecule has 148 valence electrons. The fourth-order valence-corrected chi connectivity index (χ4v) is 3.10. The quantitative estimate of drug-likeness (QED) is 0.798. The normalized spacial score (nSPS) is 12.7. The van der Waals surface area contributed by atoms with Gasteiger partial charge in [-0.2, -0.15) is 0 Å². The standard InChI is InChI=1S/C22H26N2O4/c1-3-27-18-7-5-17(6-8-18)15-23-21(25)10-11-22(26)24-12-13-28-20-9-4-16(2)14-19(20)24/h4-9,14H,3,10-13,15H2,1-2H3,(H,23,25). The van der Waals surface area contributed by atoms with Gasteiger partial charge in [0, 0.05) is 19.4 Å². The largest absolute Gasteiger partial charge is 0.494 e. The van der Waals surface area contributed by atoms with Gasteiger partial charge in [-0.3, -0.25) is 9.59 Å². The summed E-state index contributed by atoms with van der Waals surface area (Å²) in [4.78, 5) is 26.5. The molecule has 2 amide bonds. The average Bonchev–Trinajstić information content (AvgIpc) is 2.71. The zero-order valence-corrected chi connectivity index (χ0v) is 16.4. The molecule has 0 aromatic heterocycles. The number of hydrogen-bond acceptors (Lipinski definition) is 4. The summed E-state index contributed by atoms with van der Waals surface area (Å²) in [6.45, 7) is 5.93. The summed E-state index contributed by atoms with van der Waals surface area (Å²) in [5, 5.41) is 2.86. The predicted octanol–water partition coefficient (Wildman–Crippen LogP) is 3.22. The van der Waals surface area contributed by atoms with Gasteiger partial charge in [0.05, 0.1) is 18.8 Å². The number of carbonyl (C=O) groups excluding carboxylic acids is 2. The van der Waals surface area contributed by atoms with Gasteiger partial charge < -0.3 is 19.7 Å². The van der Waals surface area contributed by atoms with Crippen LogP contribution in [0.15, 0.2) is 42.5 Å². The number of nitrogens with zero attached hydrogens (tertiary/aromatic N) is 1. The Kier molecular flexibility index (Phi) is 6.53. The Labute approximate surface area is 165 Å². The minimum atomic E-state index is -0.139. The Morgan fingerprint density at radius 3 is 2.68 bits per heavy atom. The first-order valence-electron chi connectivity index (χ1n) is 9.59. The third-order valence-electron chi connectivity index (χ3n) is 4.57. The highest BCUT2D eigenvalue weighted by molar-refractivity contribution is 5.97. The van der Waals surface area contributed by atoms with E-state index in [0.717, 1.165) is 22.6 Å². The van der Waals surface area contributed by atoms with Gasteiger partial charge >= 0.3 is 0 Å². The smallest absolute Gasteiger partial charge is 0.227 e. The zero-order chi connectivity index (χ0) is 19.9. The molecule has 1 heterocycles. The zero-order valence-electron chi connectivity index (χ0n) is 16.4. The van der Waals surface area contributed by atoms with Crippen molar-refractivity contribution in [2.45, 2.75) is 33.2 Å². The number of anilines is 1. The van der Waals surface area contributed by atoms with Crippen molar-refractivity contribution >= 4 is 17.5 Å². The van der Waals surface area contributed by atoms with E-state index in [1.807, 2.05) is 56.3 Å². The maximum absolute atomic E-state index is 12.6. The van der Waals surface area contributed by atoms with Crippen LogP contribution in [0.2, 0.25) is 0 Å². The highest BCUT2D eigenvalue weighted by Crippen LogP contribution is 2.32. The number of hydrogen-bond donors (Lipinski definition) is 1. The van der Waals surface area contributed by atoms with Gasteiger partial charge in [-0.15, -0.1) is 0 Å². The van der Waals surface area contributed by atoms with Gasteiger partial charge in [0.25, 0.3) is 0 Å². The first-order valence-corrected chi connectivity index (χ1v) is 9.59. The van der Waals surface area contributed by atoms with Crippen LogP contribution in [0.25, 0.3) is 0 Å². The van der Waals surface area contributed by atoms with Crippen LogP contribution in [-0.4, -0.2) is 31.6 Å². The molecular formula is C22H26N2O4. The summed E-state index contributed by atoms with van der Waals surface area (Å²) < 4.78 is 11.0. The maximum atomic E-state index is 12.6. The number of nitrogens with one attached hydrogen (secondary N) is 1. The van der Waals surface area contributed by atoms with E-state index in [1.54, 1.807) is 4.90 Å². The molecule has 0 radical (unpaired) electrons. The van der Waals surface area contributed by atoms with Crippen LogP contribution in [0, 0.1) is 6.92 Å². The molecule has 1 aliphatic heterocycles. The first-order chi connectivity index (χ1) is 13.6. The number of rotatable bonds is 7. The van der Waals surface area contributed by atoms with E-state index in [0.29, 0.717) is 32.1 Å². The Morgan fingerprint density at radius 1 is 1.14 bits per heavy atom. The van der Waals surface area contributed by atoms with Crippen LogP contribution < -0.4 is 19.7 Å². The third kappa shape index (κ3) is 5.03. The molecule has 2 aromatic rings. The second-order valence-electron chi connectivity index (χ2n) is 6.72. The van der Waals surface area contributed by atoms with Crippen molar-refractivity contribution in [1.29, 1.82) is 0 Å². The van der Waals surface area contributed by atoms with E-state index in [1.165, 1.54) is 0 Å². The lowest BCUT2D eigenvalue weighted by atomic mass is 10.1. The van der Waals surface area contributed by atoms with Crippen molar-refractivity contribution in [2.24, 2.45) is 0 Å². The molecule has 0 spiro atoms. The molecule has 28 heavy (non-hydrogen) atoms. The number of carbonyl (C=O) groups is 2. The SMILES string of the molecule is CCOc1ccc(CNC(=O)CCC(=O)N2CCOc3ccc(C)cc32)cc1. The maximum Gasteiger partial charge on any atom is 0.227 e. The van der Waals surface area contributed by atoms with E-state index in [2.05, 4.69) is 5.32 Å². The predicted molar refractivity (Wildman–Crippen MR) is 108 cm³/mol. The molecule has 0 saturated carbocycles. The second-order valence-corrected chi connectivity index (χ2v) is 6.72. The Hall–Kier alpha value is -3.02. The number of amides is 2. The minimum Gasteiger partial charge on any atom is -0.494 e. The van der Waals surface area contributed by atoms with Gasteiger partial charge in [0.1, 0.15) is 18.1 Å². The van der Waals surface area contributed by atoms with Crippen molar-refractivity contribution in [3.05, 3.63) is 53.6 Å². The first kappa shape index (κ1) is 19.7. The molecule has 0 saturated heterocycles. The van der Waals surface area contributed by atoms with Crippen LogP contribution in [0.4, 0.5) is 5.69 Å². The Bertz CT molecular complexity index is 833. The van der Waals surface area contributed by atoms with Gasteiger partial charge in [-0.1, -0.05) is 18.2 Å². The summed E-state index contributed by atoms with van der Waals surface area (Å²) in [7, 11) is 0. The molecule has 0 aliphatic carbocycles. The van der Waals surface area contributed by atoms with Crippen molar-refractivity contribution in [3.63, 3.8) is 0 Å². The number of benzene rings is 2. The minimum absolute atomic E-state index is 0.0635. The molecular weight excluding hydrogens is 356 g/mol. The van der Waals surface area contributed by atoms with Gasteiger partial charge in [0.15, 0.2) is 0 Å². The Morgan fingerprint density at radius 2 is 1.93 bits per heavy atom. The highest BCUT2D eigenvalue weighted by atomic mass is 16.5. The monoisotopic (exact) mass is 382 g/mol. The topological polar surface area (TPSA) is 67.9 Å². The van der Waals surface area contributed by atoms with E-state index in [4.69, 9.17) is 9.47 Å². The number of ether oxygens (including phenoxy) is 2. The van der Waals surface area contributed by atoms with Gasteiger partial charge in [-0.25, -0.2) is 0 Å². The van der Waals surface area contributed by atoms with E-state index in [-0.39, 0.29) is 24.7 Å². The lowest BCUT2D eigenvalue weighted by molar-refractivity contribution is -0.125. The molecule has 1 N–H and O–H groups in total. The molecule has 3 rings (SSSR count). The van der Waals surface area contributed by atoms with Crippen LogP contribution in [-0.2, 0) is 16.1 Å². The summed E-state index contributed by atoms with van der Waals surface area (Å²) in [5.74, 6) is 1.32. The summed E-state index contributed by atoms with van der Waals surface area (Å²) in [5.41, 5.74) is 2.84. The van der Waals surface area contributed by atoms with Gasteiger partial charge in [0.2, 0.25) is 11.8 Å². The van der Waals surface area contributed by atoms with E-state index >= 15 is 0 Å². The third-order valence-corrected chi connectivity index (χ3v) is 4.57. The summed E-state index contributed by atoms with van der Waals surface area (Å²) >= 11 is 0. The number of fused-ring (bicyclic) bond motifs is 1. The van der Waals surface area contributed by atoms with Gasteiger partial charge in [-0.05, 0) is 49.2 Å². The fraction of sp³-hybridized carbons (Fsp3) is 0.364. The van der Waals surface area contributed by atoms with Crippen LogP contribution in [0.3, 0.4) is 0 Å². The average molecular weight is 382 g/mol.